The molecule has 0 aromatic heterocycles. The lowest BCUT2D eigenvalue weighted by Crippen LogP contribution is -2.24. The Kier molecular flexibility index (Phi) is 6.09. The Balaban J connectivity index is 1.27. The Bertz CT molecular complexity index is 995. The van der Waals surface area contributed by atoms with Crippen molar-refractivity contribution in [1.82, 2.24) is 5.32 Å². The molecular weight excluding hydrogens is 376 g/mol. The molecule has 0 spiro atoms. The molecule has 0 bridgehead atoms. The lowest BCUT2D eigenvalue weighted by atomic mass is 10.1. The molecule has 30 heavy (non-hydrogen) atoms. The number of ether oxygens (including phenoxy) is 1. The van der Waals surface area contributed by atoms with E-state index in [1.807, 2.05) is 66.7 Å². The summed E-state index contributed by atoms with van der Waals surface area (Å²) < 4.78 is 5.77. The van der Waals surface area contributed by atoms with Crippen LogP contribution in [0.3, 0.4) is 0 Å². The molecule has 0 atom stereocenters. The third-order valence-corrected chi connectivity index (χ3v) is 4.99. The van der Waals surface area contributed by atoms with Crippen molar-refractivity contribution in [2.75, 3.05) is 5.32 Å². The summed E-state index contributed by atoms with van der Waals surface area (Å²) in [6.45, 7) is 0.988. The zero-order valence-electron chi connectivity index (χ0n) is 16.6. The minimum atomic E-state index is -0.179. The van der Waals surface area contributed by atoms with Gasteiger partial charge in [0, 0.05) is 23.7 Å². The molecule has 1 aliphatic rings. The minimum Gasteiger partial charge on any atom is -0.489 e. The Hall–Kier alpha value is -3.60. The van der Waals surface area contributed by atoms with Crippen LogP contribution in [0.5, 0.6) is 5.75 Å². The van der Waals surface area contributed by atoms with Crippen molar-refractivity contribution in [3.8, 4) is 5.75 Å². The number of anilines is 1. The highest BCUT2D eigenvalue weighted by atomic mass is 16.5. The second-order valence-corrected chi connectivity index (χ2v) is 7.44. The van der Waals surface area contributed by atoms with Crippen LogP contribution >= 0.6 is 0 Å². The van der Waals surface area contributed by atoms with Crippen molar-refractivity contribution < 1.29 is 14.3 Å². The molecule has 0 aliphatic heterocycles. The SMILES string of the molecule is O=C(Nc1ccc(OCc2ccccc2)cc1)c1ccc(CNC(=O)C2CC2)cc1. The Morgan fingerprint density at radius 3 is 2.20 bits per heavy atom. The van der Waals surface area contributed by atoms with E-state index >= 15 is 0 Å². The molecule has 1 saturated carbocycles. The first-order chi connectivity index (χ1) is 14.7. The third-order valence-electron chi connectivity index (χ3n) is 4.99. The van der Waals surface area contributed by atoms with Gasteiger partial charge in [0.25, 0.3) is 5.91 Å². The zero-order chi connectivity index (χ0) is 20.8. The number of benzene rings is 3. The summed E-state index contributed by atoms with van der Waals surface area (Å²) >= 11 is 0. The molecule has 5 nitrogen and oxygen atoms in total. The Morgan fingerprint density at radius 2 is 1.53 bits per heavy atom. The van der Waals surface area contributed by atoms with E-state index in [1.165, 1.54) is 0 Å². The van der Waals surface area contributed by atoms with E-state index in [9.17, 15) is 9.59 Å². The zero-order valence-corrected chi connectivity index (χ0v) is 16.6. The smallest absolute Gasteiger partial charge is 0.255 e. The van der Waals surface area contributed by atoms with Crippen molar-refractivity contribution in [2.45, 2.75) is 26.0 Å². The van der Waals surface area contributed by atoms with Crippen molar-refractivity contribution in [3.05, 3.63) is 95.6 Å². The lowest BCUT2D eigenvalue weighted by molar-refractivity contribution is -0.122. The van der Waals surface area contributed by atoms with E-state index in [-0.39, 0.29) is 17.7 Å². The fourth-order valence-corrected chi connectivity index (χ4v) is 3.03. The molecule has 4 rings (SSSR count). The second kappa shape index (κ2) is 9.27. The Morgan fingerprint density at radius 1 is 0.833 bits per heavy atom. The van der Waals surface area contributed by atoms with E-state index in [4.69, 9.17) is 4.74 Å². The van der Waals surface area contributed by atoms with Gasteiger partial charge in [0.05, 0.1) is 0 Å². The number of hydrogen-bond donors (Lipinski definition) is 2. The first kappa shape index (κ1) is 19.7. The van der Waals surface area contributed by atoms with Gasteiger partial charge in [0.2, 0.25) is 5.91 Å². The van der Waals surface area contributed by atoms with E-state index in [0.717, 1.165) is 29.7 Å². The average Bonchev–Trinajstić information content (AvgIpc) is 3.64. The molecule has 2 amide bonds. The number of carbonyl (C=O) groups is 2. The first-order valence-electron chi connectivity index (χ1n) is 10.1. The number of carbonyl (C=O) groups excluding carboxylic acids is 2. The largest absolute Gasteiger partial charge is 0.489 e. The van der Waals surface area contributed by atoms with Gasteiger partial charge in [-0.1, -0.05) is 42.5 Å². The fraction of sp³-hybridized carbons (Fsp3) is 0.200. The van der Waals surface area contributed by atoms with Crippen LogP contribution in [0.1, 0.15) is 34.3 Å². The van der Waals surface area contributed by atoms with Gasteiger partial charge >= 0.3 is 0 Å². The average molecular weight is 400 g/mol. The predicted octanol–water partition coefficient (Wildman–Crippen LogP) is 4.54. The standard InChI is InChI=1S/C25H24N2O3/c28-24(20-10-11-20)26-16-18-6-8-21(9-7-18)25(29)27-22-12-14-23(15-13-22)30-17-19-4-2-1-3-5-19/h1-9,12-15,20H,10-11,16-17H2,(H,26,28)(H,27,29). The van der Waals surface area contributed by atoms with E-state index < -0.39 is 0 Å². The summed E-state index contributed by atoms with van der Waals surface area (Å²) in [5.41, 5.74) is 3.34. The second-order valence-electron chi connectivity index (χ2n) is 7.44. The minimum absolute atomic E-state index is 0.119. The lowest BCUT2D eigenvalue weighted by Gasteiger charge is -2.09. The predicted molar refractivity (Wildman–Crippen MR) is 116 cm³/mol. The van der Waals surface area contributed by atoms with Gasteiger partial charge in [-0.2, -0.15) is 0 Å². The topological polar surface area (TPSA) is 67.4 Å². The molecule has 5 heteroatoms. The summed E-state index contributed by atoms with van der Waals surface area (Å²) in [5.74, 6) is 0.883. The van der Waals surface area contributed by atoms with Gasteiger partial charge in [-0.25, -0.2) is 0 Å². The van der Waals surface area contributed by atoms with Crippen molar-refractivity contribution in [3.63, 3.8) is 0 Å². The number of rotatable bonds is 8. The molecule has 0 radical (unpaired) electrons. The normalized spacial score (nSPS) is 12.8. The summed E-state index contributed by atoms with van der Waals surface area (Å²) in [4.78, 5) is 24.2. The highest BCUT2D eigenvalue weighted by molar-refractivity contribution is 6.04. The molecule has 0 heterocycles. The third kappa shape index (κ3) is 5.47. The van der Waals surface area contributed by atoms with Crippen molar-refractivity contribution in [1.29, 1.82) is 0 Å². The first-order valence-corrected chi connectivity index (χ1v) is 10.1. The molecule has 0 unspecified atom stereocenters. The summed E-state index contributed by atoms with van der Waals surface area (Å²) in [6.07, 6.45) is 1.98. The quantitative estimate of drug-likeness (QED) is 0.583. The van der Waals surface area contributed by atoms with Crippen LogP contribution in [0, 0.1) is 5.92 Å². The van der Waals surface area contributed by atoms with Crippen LogP contribution < -0.4 is 15.4 Å². The molecule has 0 saturated heterocycles. The fourth-order valence-electron chi connectivity index (χ4n) is 3.03. The molecule has 3 aromatic carbocycles. The Labute approximate surface area is 176 Å². The maximum Gasteiger partial charge on any atom is 0.255 e. The van der Waals surface area contributed by atoms with Crippen molar-refractivity contribution in [2.24, 2.45) is 5.92 Å². The monoisotopic (exact) mass is 400 g/mol. The van der Waals surface area contributed by atoms with E-state index in [0.29, 0.717) is 24.4 Å². The van der Waals surface area contributed by atoms with Gasteiger partial charge in [-0.15, -0.1) is 0 Å². The summed E-state index contributed by atoms with van der Waals surface area (Å²) in [7, 11) is 0. The molecular formula is C25H24N2O3. The van der Waals surface area contributed by atoms with Crippen LogP contribution in [0.4, 0.5) is 5.69 Å². The van der Waals surface area contributed by atoms with E-state index in [2.05, 4.69) is 10.6 Å². The molecule has 152 valence electrons. The maximum atomic E-state index is 12.5. The van der Waals surface area contributed by atoms with E-state index in [1.54, 1.807) is 12.1 Å². The molecule has 3 aromatic rings. The van der Waals surface area contributed by atoms with Crippen LogP contribution in [-0.2, 0) is 17.9 Å². The van der Waals surface area contributed by atoms with Gasteiger partial charge in [0.15, 0.2) is 0 Å². The summed E-state index contributed by atoms with van der Waals surface area (Å²) in [6, 6.07) is 24.5. The number of nitrogens with one attached hydrogen (secondary N) is 2. The van der Waals surface area contributed by atoms with Crippen LogP contribution in [0.15, 0.2) is 78.9 Å². The van der Waals surface area contributed by atoms with Crippen LogP contribution in [-0.4, -0.2) is 11.8 Å². The molecule has 1 aliphatic carbocycles. The van der Waals surface area contributed by atoms with Crippen molar-refractivity contribution >= 4 is 17.5 Å². The van der Waals surface area contributed by atoms with Gasteiger partial charge < -0.3 is 15.4 Å². The van der Waals surface area contributed by atoms with Gasteiger partial charge in [-0.05, 0) is 60.4 Å². The van der Waals surface area contributed by atoms with Crippen LogP contribution in [0.2, 0.25) is 0 Å². The summed E-state index contributed by atoms with van der Waals surface area (Å²) in [5, 5.41) is 5.81. The highest BCUT2D eigenvalue weighted by Crippen LogP contribution is 2.28. The maximum absolute atomic E-state index is 12.5. The number of hydrogen-bond acceptors (Lipinski definition) is 3. The molecule has 2 N–H and O–H groups in total. The van der Waals surface area contributed by atoms with Crippen LogP contribution in [0.25, 0.3) is 0 Å². The van der Waals surface area contributed by atoms with Gasteiger partial charge in [-0.3, -0.25) is 9.59 Å². The molecule has 1 fully saturated rings. The highest BCUT2D eigenvalue weighted by Gasteiger charge is 2.29. The number of amides is 2. The van der Waals surface area contributed by atoms with Gasteiger partial charge in [0.1, 0.15) is 12.4 Å².